The highest BCUT2D eigenvalue weighted by Crippen LogP contribution is 2.16. The van der Waals surface area contributed by atoms with Crippen LogP contribution >= 0.6 is 0 Å². The molecule has 0 aliphatic carbocycles. The van der Waals surface area contributed by atoms with Gasteiger partial charge in [-0.25, -0.2) is 9.97 Å². The van der Waals surface area contributed by atoms with Crippen molar-refractivity contribution in [1.29, 1.82) is 0 Å². The second-order valence-electron chi connectivity index (χ2n) is 7.58. The number of nitrogens with zero attached hydrogens (tertiary/aromatic N) is 6. The van der Waals surface area contributed by atoms with Crippen molar-refractivity contribution in [3.8, 4) is 5.82 Å². The van der Waals surface area contributed by atoms with Gasteiger partial charge >= 0.3 is 0 Å². The van der Waals surface area contributed by atoms with Crippen LogP contribution in [0.4, 0.5) is 0 Å². The van der Waals surface area contributed by atoms with Crippen molar-refractivity contribution in [3.05, 3.63) is 42.1 Å². The molecule has 0 spiro atoms. The number of amides is 1. The topological polar surface area (TPSA) is 87.9 Å². The van der Waals surface area contributed by atoms with E-state index >= 15 is 0 Å². The van der Waals surface area contributed by atoms with Gasteiger partial charge in [0.1, 0.15) is 17.7 Å². The van der Waals surface area contributed by atoms with Gasteiger partial charge in [-0.2, -0.15) is 0 Å². The van der Waals surface area contributed by atoms with Crippen molar-refractivity contribution < 1.29 is 9.53 Å². The first-order valence-corrected chi connectivity index (χ1v) is 10.5. The molecule has 30 heavy (non-hydrogen) atoms. The zero-order chi connectivity index (χ0) is 20.9. The predicted molar refractivity (Wildman–Crippen MR) is 113 cm³/mol. The summed E-state index contributed by atoms with van der Waals surface area (Å²) in [5, 5.41) is 3.41. The summed E-state index contributed by atoms with van der Waals surface area (Å²) in [4.78, 5) is 29.8. The highest BCUT2D eigenvalue weighted by Gasteiger charge is 2.30. The number of aryl methyl sites for hydroxylation is 1. The number of piperazine rings is 1. The number of imidazole rings is 1. The van der Waals surface area contributed by atoms with Crippen molar-refractivity contribution in [3.63, 3.8) is 0 Å². The minimum absolute atomic E-state index is 0.134. The van der Waals surface area contributed by atoms with Crippen LogP contribution < -0.4 is 5.32 Å². The molecule has 9 nitrogen and oxygen atoms in total. The van der Waals surface area contributed by atoms with Crippen LogP contribution in [0.3, 0.4) is 0 Å². The fourth-order valence-electron chi connectivity index (χ4n) is 3.91. The van der Waals surface area contributed by atoms with Crippen LogP contribution in [-0.2, 0) is 16.1 Å². The van der Waals surface area contributed by atoms with Crippen LogP contribution in [0.5, 0.6) is 0 Å². The summed E-state index contributed by atoms with van der Waals surface area (Å²) in [6.07, 6.45) is 7.12. The largest absolute Gasteiger partial charge is 0.368 e. The van der Waals surface area contributed by atoms with E-state index in [9.17, 15) is 4.79 Å². The molecule has 1 atom stereocenters. The molecule has 160 valence electrons. The Morgan fingerprint density at radius 1 is 1.23 bits per heavy atom. The summed E-state index contributed by atoms with van der Waals surface area (Å²) in [5.41, 5.74) is 1.07. The number of aliphatic imine (C=N–C) groups is 1. The molecule has 2 aliphatic rings. The van der Waals surface area contributed by atoms with E-state index in [1.165, 1.54) is 0 Å². The van der Waals surface area contributed by atoms with Gasteiger partial charge in [-0.1, -0.05) is 6.07 Å². The van der Waals surface area contributed by atoms with Crippen molar-refractivity contribution in [2.75, 3.05) is 39.8 Å². The van der Waals surface area contributed by atoms with E-state index in [0.29, 0.717) is 26.2 Å². The summed E-state index contributed by atoms with van der Waals surface area (Å²) in [6.45, 7) is 6.20. The Morgan fingerprint density at radius 2 is 2.03 bits per heavy atom. The maximum atomic E-state index is 12.5. The lowest BCUT2D eigenvalue weighted by Crippen LogP contribution is -2.55. The Bertz CT molecular complexity index is 879. The van der Waals surface area contributed by atoms with Crippen LogP contribution in [0, 0.1) is 6.92 Å². The molecule has 2 fully saturated rings. The average Bonchev–Trinajstić information content (AvgIpc) is 3.47. The van der Waals surface area contributed by atoms with Gasteiger partial charge in [0.15, 0.2) is 5.96 Å². The Morgan fingerprint density at radius 3 is 2.63 bits per heavy atom. The van der Waals surface area contributed by atoms with Crippen LogP contribution in [0.25, 0.3) is 5.82 Å². The monoisotopic (exact) mass is 411 g/mol. The quantitative estimate of drug-likeness (QED) is 0.596. The number of hydrogen-bond donors (Lipinski definition) is 1. The zero-order valence-corrected chi connectivity index (χ0v) is 17.6. The lowest BCUT2D eigenvalue weighted by Gasteiger charge is -2.37. The van der Waals surface area contributed by atoms with Crippen LogP contribution in [-0.4, -0.2) is 82.1 Å². The van der Waals surface area contributed by atoms with Gasteiger partial charge in [0.05, 0.1) is 0 Å². The number of nitrogens with one attached hydrogen (secondary N) is 1. The Hall–Kier alpha value is -2.94. The summed E-state index contributed by atoms with van der Waals surface area (Å²) in [5.74, 6) is 2.74. The molecule has 2 aromatic heterocycles. The normalized spacial score (nSPS) is 19.9. The zero-order valence-electron chi connectivity index (χ0n) is 17.6. The molecule has 4 rings (SSSR count). The molecular weight excluding hydrogens is 382 g/mol. The molecule has 0 radical (unpaired) electrons. The van der Waals surface area contributed by atoms with E-state index in [-0.39, 0.29) is 12.0 Å². The summed E-state index contributed by atoms with van der Waals surface area (Å²) in [7, 11) is 1.79. The van der Waals surface area contributed by atoms with E-state index in [2.05, 4.69) is 31.2 Å². The SMILES string of the molecule is CN=C(NCc1ccc(-n2ccnc2C)nc1)N1CCN(C(=O)C2CCCO2)CC1. The molecule has 9 heteroatoms. The lowest BCUT2D eigenvalue weighted by molar-refractivity contribution is -0.142. The highest BCUT2D eigenvalue weighted by molar-refractivity contribution is 5.82. The molecule has 0 saturated carbocycles. The summed E-state index contributed by atoms with van der Waals surface area (Å²) < 4.78 is 7.49. The van der Waals surface area contributed by atoms with E-state index in [1.54, 1.807) is 13.2 Å². The number of aromatic nitrogens is 3. The van der Waals surface area contributed by atoms with Crippen molar-refractivity contribution in [2.45, 2.75) is 32.4 Å². The first-order valence-electron chi connectivity index (χ1n) is 10.5. The number of hydrogen-bond acceptors (Lipinski definition) is 5. The summed E-state index contributed by atoms with van der Waals surface area (Å²) >= 11 is 0. The number of pyridine rings is 1. The van der Waals surface area contributed by atoms with Crippen LogP contribution in [0.15, 0.2) is 35.7 Å². The maximum Gasteiger partial charge on any atom is 0.251 e. The number of carbonyl (C=O) groups excluding carboxylic acids is 1. The van der Waals surface area contributed by atoms with Gasteiger partial charge < -0.3 is 19.9 Å². The molecule has 4 heterocycles. The van der Waals surface area contributed by atoms with Crippen LogP contribution in [0.1, 0.15) is 24.2 Å². The molecule has 1 unspecified atom stereocenters. The van der Waals surface area contributed by atoms with Crippen LogP contribution in [0.2, 0.25) is 0 Å². The second-order valence-corrected chi connectivity index (χ2v) is 7.58. The van der Waals surface area contributed by atoms with Crippen molar-refractivity contribution in [2.24, 2.45) is 4.99 Å². The fourth-order valence-corrected chi connectivity index (χ4v) is 3.91. The van der Waals surface area contributed by atoms with E-state index in [4.69, 9.17) is 4.74 Å². The van der Waals surface area contributed by atoms with Crippen molar-refractivity contribution >= 4 is 11.9 Å². The smallest absolute Gasteiger partial charge is 0.251 e. The molecule has 1 amide bonds. The second kappa shape index (κ2) is 9.25. The molecule has 2 saturated heterocycles. The lowest BCUT2D eigenvalue weighted by atomic mass is 10.2. The molecule has 2 aliphatic heterocycles. The third kappa shape index (κ3) is 4.46. The summed E-state index contributed by atoms with van der Waals surface area (Å²) in [6, 6.07) is 4.05. The molecule has 2 aromatic rings. The van der Waals surface area contributed by atoms with Gasteiger partial charge in [-0.15, -0.1) is 0 Å². The van der Waals surface area contributed by atoms with Gasteiger partial charge in [0, 0.05) is 65.0 Å². The van der Waals surface area contributed by atoms with E-state index in [0.717, 1.165) is 49.1 Å². The molecule has 1 N–H and O–H groups in total. The van der Waals surface area contributed by atoms with Gasteiger partial charge in [0.2, 0.25) is 0 Å². The fraction of sp³-hybridized carbons (Fsp3) is 0.524. The predicted octanol–water partition coefficient (Wildman–Crippen LogP) is 0.974. The minimum atomic E-state index is -0.240. The van der Waals surface area contributed by atoms with Gasteiger partial charge in [-0.05, 0) is 31.4 Å². The number of ether oxygens (including phenoxy) is 1. The maximum absolute atomic E-state index is 12.5. The molecular formula is C21H29N7O2. The van der Waals surface area contributed by atoms with Crippen molar-refractivity contribution in [1.82, 2.24) is 29.7 Å². The third-order valence-electron chi connectivity index (χ3n) is 5.64. The Kier molecular flexibility index (Phi) is 6.27. The molecule has 0 aromatic carbocycles. The first-order chi connectivity index (χ1) is 14.7. The average molecular weight is 412 g/mol. The first kappa shape index (κ1) is 20.3. The third-order valence-corrected chi connectivity index (χ3v) is 5.64. The van der Waals surface area contributed by atoms with Gasteiger partial charge in [0.25, 0.3) is 5.91 Å². The van der Waals surface area contributed by atoms with E-state index < -0.39 is 0 Å². The Labute approximate surface area is 176 Å². The minimum Gasteiger partial charge on any atom is -0.368 e. The molecule has 0 bridgehead atoms. The number of carbonyl (C=O) groups is 1. The van der Waals surface area contributed by atoms with Gasteiger partial charge in [-0.3, -0.25) is 14.4 Å². The standard InChI is InChI=1S/C21H29N7O2/c1-16-23-7-8-28(16)19-6-5-17(14-24-19)15-25-21(22-2)27-11-9-26(10-12-27)20(29)18-4-3-13-30-18/h5-8,14,18H,3-4,9-13,15H2,1-2H3,(H,22,25). The number of guanidine groups is 1. The van der Waals surface area contributed by atoms with E-state index in [1.807, 2.05) is 34.9 Å². The number of rotatable bonds is 4. The Balaban J connectivity index is 1.28. The highest BCUT2D eigenvalue weighted by atomic mass is 16.5.